The number of H-pyrrole nitrogens is 1. The number of nitrogens with zero attached hydrogens (tertiary/aromatic N) is 2. The van der Waals surface area contributed by atoms with Gasteiger partial charge in [0.25, 0.3) is 5.91 Å². The van der Waals surface area contributed by atoms with Crippen molar-refractivity contribution >= 4 is 55.6 Å². The molecule has 1 unspecified atom stereocenters. The van der Waals surface area contributed by atoms with Crippen LogP contribution in [0.1, 0.15) is 54.1 Å². The summed E-state index contributed by atoms with van der Waals surface area (Å²) in [6.07, 6.45) is 0. The molecule has 2 N–H and O–H groups in total. The number of aliphatic hydroxyl groups excluding tert-OH is 1. The van der Waals surface area contributed by atoms with Crippen LogP contribution in [0, 0.1) is 6.92 Å². The Kier molecular flexibility index (Phi) is 5.77. The first kappa shape index (κ1) is 25.1. The Morgan fingerprint density at radius 2 is 1.79 bits per heavy atom. The second-order valence-corrected chi connectivity index (χ2v) is 11.8. The molecule has 0 radical (unpaired) electrons. The Morgan fingerprint density at radius 1 is 1.05 bits per heavy atom. The van der Waals surface area contributed by atoms with Crippen molar-refractivity contribution in [2.24, 2.45) is 0 Å². The fraction of sp³-hybridized carbons (Fsp3) is 0.194. The monoisotopic (exact) mass is 583 g/mol. The Morgan fingerprint density at radius 3 is 2.51 bits per heavy atom. The van der Waals surface area contributed by atoms with Crippen molar-refractivity contribution in [3.8, 4) is 0 Å². The molecule has 8 heteroatoms. The van der Waals surface area contributed by atoms with Gasteiger partial charge in [-0.15, -0.1) is 0 Å². The van der Waals surface area contributed by atoms with E-state index in [1.807, 2.05) is 61.5 Å². The van der Waals surface area contributed by atoms with Crippen LogP contribution in [-0.4, -0.2) is 26.8 Å². The number of aliphatic hydroxyl groups is 1. The molecule has 6 rings (SSSR count). The molecule has 0 bridgehead atoms. The molecule has 5 aromatic rings. The van der Waals surface area contributed by atoms with E-state index >= 15 is 0 Å². The summed E-state index contributed by atoms with van der Waals surface area (Å²) in [6.45, 7) is 8.32. The first-order chi connectivity index (χ1) is 18.5. The van der Waals surface area contributed by atoms with Crippen molar-refractivity contribution in [1.29, 1.82) is 0 Å². The Labute approximate surface area is 233 Å². The summed E-state index contributed by atoms with van der Waals surface area (Å²) in [6, 6.07) is 19.6. The number of halogens is 1. The molecule has 1 aliphatic rings. The van der Waals surface area contributed by atoms with Gasteiger partial charge in [0.2, 0.25) is 11.7 Å². The minimum atomic E-state index is -0.916. The molecule has 0 spiro atoms. The van der Waals surface area contributed by atoms with Crippen LogP contribution < -0.4 is 4.90 Å². The van der Waals surface area contributed by atoms with Gasteiger partial charge in [-0.1, -0.05) is 67.0 Å². The van der Waals surface area contributed by atoms with Gasteiger partial charge in [-0.05, 0) is 65.4 Å². The molecule has 2 aromatic heterocycles. The number of hydrogen-bond acceptors (Lipinski definition) is 5. The maximum atomic E-state index is 13.9. The number of ketones is 1. The molecule has 39 heavy (non-hydrogen) atoms. The normalized spacial score (nSPS) is 16.2. The molecule has 3 heterocycles. The third-order valence-electron chi connectivity index (χ3n) is 7.10. The van der Waals surface area contributed by atoms with E-state index in [1.54, 1.807) is 12.1 Å². The predicted molar refractivity (Wildman–Crippen MR) is 154 cm³/mol. The summed E-state index contributed by atoms with van der Waals surface area (Å²) in [7, 11) is 0. The van der Waals surface area contributed by atoms with Gasteiger partial charge < -0.3 is 14.5 Å². The highest BCUT2D eigenvalue weighted by Crippen LogP contribution is 2.42. The van der Waals surface area contributed by atoms with Crippen LogP contribution in [0.15, 0.2) is 87.0 Å². The lowest BCUT2D eigenvalue weighted by Gasteiger charge is -2.25. The van der Waals surface area contributed by atoms with E-state index in [9.17, 15) is 14.7 Å². The van der Waals surface area contributed by atoms with Crippen molar-refractivity contribution in [1.82, 2.24) is 9.97 Å². The van der Waals surface area contributed by atoms with E-state index in [0.717, 1.165) is 26.5 Å². The van der Waals surface area contributed by atoms with Gasteiger partial charge in [-0.3, -0.25) is 14.5 Å². The number of benzene rings is 3. The zero-order valence-electron chi connectivity index (χ0n) is 21.9. The number of nitrogens with one attached hydrogen (secondary N) is 1. The number of carbonyl (C=O) groups excluding carboxylic acids is 2. The highest BCUT2D eigenvalue weighted by molar-refractivity contribution is 9.10. The summed E-state index contributed by atoms with van der Waals surface area (Å²) in [4.78, 5) is 36.7. The van der Waals surface area contributed by atoms with E-state index in [2.05, 4.69) is 46.7 Å². The van der Waals surface area contributed by atoms with Gasteiger partial charge in [0, 0.05) is 9.86 Å². The number of rotatable bonds is 4. The molecule has 3 aromatic carbocycles. The molecule has 196 valence electrons. The number of Topliss-reactive ketones (excluding diaryl/α,β-unsaturated/α-hetero) is 1. The lowest BCUT2D eigenvalue weighted by Crippen LogP contribution is -2.32. The van der Waals surface area contributed by atoms with E-state index in [-0.39, 0.29) is 22.7 Å². The SMILES string of the molecule is Cc1ccc2nc(N3C(=O)C(O)=C(C(=O)c4cc5cc(Br)ccc5o4)C3c3ccc(C(C)(C)C)cc3)[nH]c2c1. The maximum absolute atomic E-state index is 13.9. The zero-order chi connectivity index (χ0) is 27.6. The summed E-state index contributed by atoms with van der Waals surface area (Å²) in [5.41, 5.74) is 4.62. The van der Waals surface area contributed by atoms with Gasteiger partial charge in [0.15, 0.2) is 11.5 Å². The van der Waals surface area contributed by atoms with Crippen LogP contribution in [0.3, 0.4) is 0 Å². The minimum absolute atomic E-state index is 0.0378. The molecule has 0 fully saturated rings. The number of amides is 1. The molecular formula is C31H26BrN3O4. The third kappa shape index (κ3) is 4.25. The summed E-state index contributed by atoms with van der Waals surface area (Å²) >= 11 is 3.44. The third-order valence-corrected chi connectivity index (χ3v) is 7.59. The Bertz CT molecular complexity index is 1820. The molecular weight excluding hydrogens is 558 g/mol. The molecule has 1 amide bonds. The largest absolute Gasteiger partial charge is 0.503 e. The Balaban J connectivity index is 1.50. The first-order valence-corrected chi connectivity index (χ1v) is 13.4. The molecule has 1 atom stereocenters. The second kappa shape index (κ2) is 8.95. The summed E-state index contributed by atoms with van der Waals surface area (Å²) in [5.74, 6) is -1.61. The molecule has 0 saturated heterocycles. The highest BCUT2D eigenvalue weighted by atomic mass is 79.9. The van der Waals surface area contributed by atoms with E-state index in [0.29, 0.717) is 16.7 Å². The first-order valence-electron chi connectivity index (χ1n) is 12.6. The molecule has 0 aliphatic carbocycles. The van der Waals surface area contributed by atoms with E-state index in [1.165, 1.54) is 4.90 Å². The number of aromatic amines is 1. The number of carbonyl (C=O) groups is 2. The fourth-order valence-corrected chi connectivity index (χ4v) is 5.40. The summed E-state index contributed by atoms with van der Waals surface area (Å²) in [5, 5.41) is 11.9. The smallest absolute Gasteiger partial charge is 0.296 e. The number of fused-ring (bicyclic) bond motifs is 2. The number of anilines is 1. The second-order valence-electron chi connectivity index (χ2n) is 10.9. The zero-order valence-corrected chi connectivity index (χ0v) is 23.5. The van der Waals surface area contributed by atoms with Crippen molar-refractivity contribution in [2.45, 2.75) is 39.2 Å². The average molecular weight is 584 g/mol. The van der Waals surface area contributed by atoms with Gasteiger partial charge in [-0.25, -0.2) is 4.98 Å². The van der Waals surface area contributed by atoms with Gasteiger partial charge in [0.1, 0.15) is 5.58 Å². The van der Waals surface area contributed by atoms with Crippen LogP contribution in [0.4, 0.5) is 5.95 Å². The van der Waals surface area contributed by atoms with Crippen LogP contribution in [0.5, 0.6) is 0 Å². The quantitative estimate of drug-likeness (QED) is 0.214. The predicted octanol–water partition coefficient (Wildman–Crippen LogP) is 7.46. The average Bonchev–Trinajstić information content (AvgIpc) is 3.57. The van der Waals surface area contributed by atoms with Crippen LogP contribution in [0.2, 0.25) is 0 Å². The van der Waals surface area contributed by atoms with Crippen LogP contribution >= 0.6 is 15.9 Å². The number of aryl methyl sites for hydroxylation is 1. The van der Waals surface area contributed by atoms with Crippen molar-refractivity contribution < 1.29 is 19.1 Å². The molecule has 7 nitrogen and oxygen atoms in total. The van der Waals surface area contributed by atoms with Gasteiger partial charge >= 0.3 is 0 Å². The van der Waals surface area contributed by atoms with Crippen molar-refractivity contribution in [3.63, 3.8) is 0 Å². The lowest BCUT2D eigenvalue weighted by molar-refractivity contribution is -0.117. The number of hydrogen-bond donors (Lipinski definition) is 2. The van der Waals surface area contributed by atoms with Crippen molar-refractivity contribution in [3.05, 3.63) is 105 Å². The van der Waals surface area contributed by atoms with Gasteiger partial charge in [0.05, 0.1) is 22.6 Å². The topological polar surface area (TPSA) is 99.4 Å². The lowest BCUT2D eigenvalue weighted by atomic mass is 9.85. The van der Waals surface area contributed by atoms with E-state index < -0.39 is 23.5 Å². The van der Waals surface area contributed by atoms with Crippen molar-refractivity contribution in [2.75, 3.05) is 4.90 Å². The van der Waals surface area contributed by atoms with Crippen LogP contribution in [-0.2, 0) is 10.2 Å². The minimum Gasteiger partial charge on any atom is -0.503 e. The summed E-state index contributed by atoms with van der Waals surface area (Å²) < 4.78 is 6.71. The highest BCUT2D eigenvalue weighted by Gasteiger charge is 2.46. The van der Waals surface area contributed by atoms with Gasteiger partial charge in [-0.2, -0.15) is 0 Å². The van der Waals surface area contributed by atoms with Crippen LogP contribution in [0.25, 0.3) is 22.0 Å². The van der Waals surface area contributed by atoms with E-state index in [4.69, 9.17) is 4.42 Å². The number of furan rings is 1. The standard InChI is InChI=1S/C31H26BrN3O4/c1-16-5-11-21-22(13-16)34-30(33-21)35-26(17-6-8-19(9-7-17)31(2,3)4)25(28(37)29(35)38)27(36)24-15-18-14-20(32)10-12-23(18)39-24/h5-15,26,37H,1-4H3,(H,33,34). The molecule has 1 aliphatic heterocycles. The number of imidazole rings is 1. The number of aromatic nitrogens is 2. The fourth-order valence-electron chi connectivity index (χ4n) is 5.02. The Hall–Kier alpha value is -4.17. The molecule has 0 saturated carbocycles. The maximum Gasteiger partial charge on any atom is 0.296 e.